The molecule has 1 heterocycles. The first-order valence-electron chi connectivity index (χ1n) is 8.09. The molecule has 138 valence electrons. The van der Waals surface area contributed by atoms with Crippen LogP contribution in [0.5, 0.6) is 11.5 Å². The van der Waals surface area contributed by atoms with E-state index in [4.69, 9.17) is 9.47 Å². The van der Waals surface area contributed by atoms with Gasteiger partial charge in [-0.2, -0.15) is 0 Å². The Morgan fingerprint density at radius 3 is 2.54 bits per heavy atom. The Morgan fingerprint density at radius 1 is 1.15 bits per heavy atom. The fourth-order valence-corrected chi connectivity index (χ4v) is 3.76. The number of likely N-dealkylation sites (N-methyl/N-ethyl adjacent to an activating group) is 1. The molecule has 1 aliphatic rings. The summed E-state index contributed by atoms with van der Waals surface area (Å²) in [7, 11) is -0.473. The van der Waals surface area contributed by atoms with Crippen molar-refractivity contribution in [2.45, 2.75) is 17.4 Å². The van der Waals surface area contributed by atoms with Crippen LogP contribution in [-0.4, -0.2) is 41.1 Å². The number of amides is 1. The van der Waals surface area contributed by atoms with Gasteiger partial charge in [0.25, 0.3) is 5.91 Å². The van der Waals surface area contributed by atoms with Crippen LogP contribution in [-0.2, 0) is 14.8 Å². The summed E-state index contributed by atoms with van der Waals surface area (Å²) in [6.45, 7) is 0.0841. The van der Waals surface area contributed by atoms with Gasteiger partial charge in [-0.15, -0.1) is 0 Å². The molecule has 1 unspecified atom stereocenters. The zero-order valence-corrected chi connectivity index (χ0v) is 15.3. The Morgan fingerprint density at radius 2 is 1.85 bits per heavy atom. The van der Waals surface area contributed by atoms with Gasteiger partial charge in [-0.3, -0.25) is 4.79 Å². The lowest BCUT2D eigenvalue weighted by Gasteiger charge is -2.31. The molecule has 1 aliphatic heterocycles. The topological polar surface area (TPSA) is 84.9 Å². The number of benzene rings is 2. The minimum absolute atomic E-state index is 0.0841. The van der Waals surface area contributed by atoms with E-state index in [9.17, 15) is 13.2 Å². The van der Waals surface area contributed by atoms with Crippen LogP contribution < -0.4 is 19.1 Å². The predicted octanol–water partition coefficient (Wildman–Crippen LogP) is 1.79. The molecule has 2 aromatic rings. The van der Waals surface area contributed by atoms with Crippen molar-refractivity contribution in [2.75, 3.05) is 25.6 Å². The van der Waals surface area contributed by atoms with E-state index in [2.05, 4.69) is 4.72 Å². The highest BCUT2D eigenvalue weighted by atomic mass is 32.2. The number of rotatable bonds is 6. The lowest BCUT2D eigenvalue weighted by Crippen LogP contribution is -2.45. The molecule has 2 aromatic carbocycles. The Labute approximate surface area is 152 Å². The molecule has 0 fully saturated rings. The summed E-state index contributed by atoms with van der Waals surface area (Å²) >= 11 is 0. The lowest BCUT2D eigenvalue weighted by atomic mass is 10.1. The van der Waals surface area contributed by atoms with Gasteiger partial charge in [0.2, 0.25) is 10.0 Å². The van der Waals surface area contributed by atoms with Crippen LogP contribution in [0.15, 0.2) is 53.4 Å². The van der Waals surface area contributed by atoms with E-state index >= 15 is 0 Å². The molecule has 0 saturated carbocycles. The van der Waals surface area contributed by atoms with E-state index in [1.165, 1.54) is 24.1 Å². The number of sulfonamides is 1. The molecule has 0 radical (unpaired) electrons. The van der Waals surface area contributed by atoms with Gasteiger partial charge in [0.1, 0.15) is 11.5 Å². The molecule has 1 N–H and O–H groups in total. The van der Waals surface area contributed by atoms with Crippen LogP contribution in [0.4, 0.5) is 5.69 Å². The average molecular weight is 376 g/mol. The number of anilines is 1. The monoisotopic (exact) mass is 376 g/mol. The van der Waals surface area contributed by atoms with Gasteiger partial charge < -0.3 is 14.4 Å². The second-order valence-electron chi connectivity index (χ2n) is 5.83. The van der Waals surface area contributed by atoms with Crippen LogP contribution in [0.2, 0.25) is 0 Å². The first kappa shape index (κ1) is 18.2. The molecule has 0 aromatic heterocycles. The molecule has 7 nitrogen and oxygen atoms in total. The number of nitrogens with one attached hydrogen (secondary N) is 1. The molecule has 0 saturated heterocycles. The van der Waals surface area contributed by atoms with Crippen molar-refractivity contribution in [3.8, 4) is 11.5 Å². The number of hydrogen-bond acceptors (Lipinski definition) is 5. The number of nitrogens with zero attached hydrogens (tertiary/aromatic N) is 1. The Bertz CT molecular complexity index is 896. The second kappa shape index (κ2) is 7.35. The molecule has 0 bridgehead atoms. The Kier molecular flexibility index (Phi) is 5.15. The standard InChI is InChI=1S/C18H20N2O5S/c1-20-15-5-3-4-6-16(15)25-17(18(20)21)11-12-19-26(22,23)14-9-7-13(24-2)8-10-14/h3-10,17,19H,11-12H2,1-2H3. The first-order valence-corrected chi connectivity index (χ1v) is 9.57. The first-order chi connectivity index (χ1) is 12.4. The largest absolute Gasteiger partial charge is 0.497 e. The van der Waals surface area contributed by atoms with Crippen molar-refractivity contribution in [3.05, 3.63) is 48.5 Å². The van der Waals surface area contributed by atoms with E-state index < -0.39 is 16.1 Å². The van der Waals surface area contributed by atoms with E-state index in [0.29, 0.717) is 17.2 Å². The number of para-hydroxylation sites is 2. The van der Waals surface area contributed by atoms with Gasteiger partial charge >= 0.3 is 0 Å². The quantitative estimate of drug-likeness (QED) is 0.831. The summed E-state index contributed by atoms with van der Waals surface area (Å²) in [5, 5.41) is 0. The van der Waals surface area contributed by atoms with E-state index in [0.717, 1.165) is 0 Å². The molecule has 1 amide bonds. The number of fused-ring (bicyclic) bond motifs is 1. The van der Waals surface area contributed by atoms with Crippen molar-refractivity contribution < 1.29 is 22.7 Å². The number of ether oxygens (including phenoxy) is 2. The number of hydrogen-bond donors (Lipinski definition) is 1. The van der Waals surface area contributed by atoms with Crippen LogP contribution in [0.3, 0.4) is 0 Å². The van der Waals surface area contributed by atoms with E-state index in [-0.39, 0.29) is 23.8 Å². The average Bonchev–Trinajstić information content (AvgIpc) is 2.65. The predicted molar refractivity (Wildman–Crippen MR) is 97.1 cm³/mol. The van der Waals surface area contributed by atoms with Crippen molar-refractivity contribution >= 4 is 21.6 Å². The van der Waals surface area contributed by atoms with E-state index in [1.54, 1.807) is 31.3 Å². The molecule has 3 rings (SSSR count). The normalized spacial score (nSPS) is 16.8. The number of methoxy groups -OCH3 is 1. The minimum Gasteiger partial charge on any atom is -0.497 e. The SMILES string of the molecule is COc1ccc(S(=O)(=O)NCCC2Oc3ccccc3N(C)C2=O)cc1. The fourth-order valence-electron chi connectivity index (χ4n) is 2.72. The molecule has 0 aliphatic carbocycles. The third kappa shape index (κ3) is 3.66. The zero-order valence-electron chi connectivity index (χ0n) is 14.5. The van der Waals surface area contributed by atoms with Gasteiger partial charge in [0, 0.05) is 20.0 Å². The highest BCUT2D eigenvalue weighted by Crippen LogP contribution is 2.33. The summed E-state index contributed by atoms with van der Waals surface area (Å²) in [4.78, 5) is 14.1. The van der Waals surface area contributed by atoms with E-state index in [1.807, 2.05) is 12.1 Å². The lowest BCUT2D eigenvalue weighted by molar-refractivity contribution is -0.126. The molecule has 1 atom stereocenters. The summed E-state index contributed by atoms with van der Waals surface area (Å²) in [6, 6.07) is 13.3. The summed E-state index contributed by atoms with van der Waals surface area (Å²) in [5.74, 6) is 0.983. The molecule has 0 spiro atoms. The van der Waals surface area contributed by atoms with Crippen molar-refractivity contribution in [3.63, 3.8) is 0 Å². The highest BCUT2D eigenvalue weighted by molar-refractivity contribution is 7.89. The maximum Gasteiger partial charge on any atom is 0.267 e. The maximum atomic E-state index is 12.4. The van der Waals surface area contributed by atoms with Crippen molar-refractivity contribution in [1.82, 2.24) is 4.72 Å². The third-order valence-electron chi connectivity index (χ3n) is 4.17. The molecular weight excluding hydrogens is 356 g/mol. The summed E-state index contributed by atoms with van der Waals surface area (Å²) in [5.41, 5.74) is 0.701. The Hall–Kier alpha value is -2.58. The summed E-state index contributed by atoms with van der Waals surface area (Å²) in [6.07, 6.45) is -0.499. The van der Waals surface area contributed by atoms with Gasteiger partial charge in [-0.25, -0.2) is 13.1 Å². The van der Waals surface area contributed by atoms with Gasteiger partial charge in [0.05, 0.1) is 17.7 Å². The van der Waals surface area contributed by atoms with Crippen LogP contribution in [0.1, 0.15) is 6.42 Å². The maximum absolute atomic E-state index is 12.4. The van der Waals surface area contributed by atoms with Gasteiger partial charge in [-0.1, -0.05) is 12.1 Å². The third-order valence-corrected chi connectivity index (χ3v) is 5.65. The minimum atomic E-state index is -3.66. The van der Waals surface area contributed by atoms with Crippen LogP contribution in [0, 0.1) is 0 Å². The Balaban J connectivity index is 1.63. The van der Waals surface area contributed by atoms with Crippen molar-refractivity contribution in [2.24, 2.45) is 0 Å². The second-order valence-corrected chi connectivity index (χ2v) is 7.60. The zero-order chi connectivity index (χ0) is 18.7. The smallest absolute Gasteiger partial charge is 0.267 e. The van der Waals surface area contributed by atoms with Gasteiger partial charge in [-0.05, 0) is 36.4 Å². The molecule has 26 heavy (non-hydrogen) atoms. The summed E-state index contributed by atoms with van der Waals surface area (Å²) < 4.78 is 37.9. The molecule has 8 heteroatoms. The van der Waals surface area contributed by atoms with Crippen molar-refractivity contribution in [1.29, 1.82) is 0 Å². The van der Waals surface area contributed by atoms with Gasteiger partial charge in [0.15, 0.2) is 6.10 Å². The van der Waals surface area contributed by atoms with Crippen LogP contribution in [0.25, 0.3) is 0 Å². The number of carbonyl (C=O) groups excluding carboxylic acids is 1. The molecular formula is C18H20N2O5S. The highest BCUT2D eigenvalue weighted by Gasteiger charge is 2.31. The number of carbonyl (C=O) groups is 1. The van der Waals surface area contributed by atoms with Crippen LogP contribution >= 0.6 is 0 Å². The fraction of sp³-hybridized carbons (Fsp3) is 0.278.